The van der Waals surface area contributed by atoms with Gasteiger partial charge in [0.25, 0.3) is 0 Å². The monoisotopic (exact) mass is 160 g/mol. The molecule has 0 saturated carbocycles. The van der Waals surface area contributed by atoms with E-state index in [1.54, 1.807) is 24.3 Å². The molecule has 1 rings (SSSR count). The number of nitriles is 2. The van der Waals surface area contributed by atoms with Crippen LogP contribution in [0.4, 0.5) is 0 Å². The van der Waals surface area contributed by atoms with Crippen molar-refractivity contribution in [3.05, 3.63) is 29.8 Å². The first kappa shape index (κ1) is 7.65. The number of hydrogen-bond acceptors (Lipinski definition) is 3. The summed E-state index contributed by atoms with van der Waals surface area (Å²) in [5.74, 6) is 0. The molecule has 0 atom stereocenters. The Morgan fingerprint density at radius 1 is 1.27 bits per heavy atom. The van der Waals surface area contributed by atoms with E-state index in [4.69, 9.17) is 10.5 Å². The minimum atomic E-state index is 0.588. The third-order valence-electron chi connectivity index (χ3n) is 1.13. The molecule has 0 amide bonds. The van der Waals surface area contributed by atoms with Crippen molar-refractivity contribution >= 4 is 11.8 Å². The molecule has 1 aromatic carbocycles. The lowest BCUT2D eigenvalue weighted by atomic mass is 10.2. The molecule has 0 aromatic heterocycles. The Morgan fingerprint density at radius 2 is 2.09 bits per heavy atom. The minimum Gasteiger partial charge on any atom is -0.192 e. The largest absolute Gasteiger partial charge is 0.192 e. The fourth-order valence-electron chi connectivity index (χ4n) is 0.682. The molecular weight excluding hydrogens is 156 g/mol. The van der Waals surface area contributed by atoms with Gasteiger partial charge in [-0.05, 0) is 30.0 Å². The molecular formula is C8H4N2S. The van der Waals surface area contributed by atoms with Gasteiger partial charge in [0.1, 0.15) is 5.40 Å². The number of nitrogens with zero attached hydrogens (tertiary/aromatic N) is 2. The Hall–Kier alpha value is -1.45. The SMILES string of the molecule is N#CSc1cccc(C#N)c1. The Morgan fingerprint density at radius 3 is 2.73 bits per heavy atom. The van der Waals surface area contributed by atoms with Crippen LogP contribution in [0, 0.1) is 22.0 Å². The fraction of sp³-hybridized carbons (Fsp3) is 0. The molecule has 3 heteroatoms. The van der Waals surface area contributed by atoms with Crippen molar-refractivity contribution in [2.75, 3.05) is 0 Å². The summed E-state index contributed by atoms with van der Waals surface area (Å²) in [6, 6.07) is 8.96. The molecule has 52 valence electrons. The Balaban J connectivity index is 2.96. The van der Waals surface area contributed by atoms with E-state index in [1.165, 1.54) is 0 Å². The number of rotatable bonds is 1. The van der Waals surface area contributed by atoms with Gasteiger partial charge in [-0.15, -0.1) is 0 Å². The molecule has 0 spiro atoms. The van der Waals surface area contributed by atoms with E-state index in [0.29, 0.717) is 5.56 Å². The number of thiocyanates is 1. The van der Waals surface area contributed by atoms with Gasteiger partial charge in [0.2, 0.25) is 0 Å². The molecule has 0 aliphatic heterocycles. The lowest BCUT2D eigenvalue weighted by Gasteiger charge is -1.91. The smallest absolute Gasteiger partial charge is 0.138 e. The second kappa shape index (κ2) is 3.65. The van der Waals surface area contributed by atoms with Crippen LogP contribution in [0.3, 0.4) is 0 Å². The van der Waals surface area contributed by atoms with Crippen molar-refractivity contribution in [2.45, 2.75) is 4.90 Å². The molecule has 11 heavy (non-hydrogen) atoms. The molecule has 0 aliphatic carbocycles. The van der Waals surface area contributed by atoms with Gasteiger partial charge in [0.05, 0.1) is 11.6 Å². The van der Waals surface area contributed by atoms with Crippen LogP contribution in [0.25, 0.3) is 0 Å². The van der Waals surface area contributed by atoms with Crippen molar-refractivity contribution in [3.8, 4) is 11.5 Å². The summed E-state index contributed by atoms with van der Waals surface area (Å²) < 4.78 is 0. The highest BCUT2D eigenvalue weighted by Crippen LogP contribution is 2.16. The van der Waals surface area contributed by atoms with Crippen molar-refractivity contribution in [1.29, 1.82) is 10.5 Å². The van der Waals surface area contributed by atoms with Crippen molar-refractivity contribution < 1.29 is 0 Å². The Labute approximate surface area is 69.1 Å². The standard InChI is InChI=1S/C8H4N2S/c9-5-7-2-1-3-8(4-7)11-6-10/h1-4H. The predicted molar refractivity (Wildman–Crippen MR) is 42.6 cm³/mol. The third kappa shape index (κ3) is 2.00. The van der Waals surface area contributed by atoms with Crippen molar-refractivity contribution in [1.82, 2.24) is 0 Å². The zero-order valence-corrected chi connectivity index (χ0v) is 6.43. The summed E-state index contributed by atoms with van der Waals surface area (Å²) in [7, 11) is 0. The average molecular weight is 160 g/mol. The summed E-state index contributed by atoms with van der Waals surface area (Å²) >= 11 is 1.06. The zero-order chi connectivity index (χ0) is 8.10. The van der Waals surface area contributed by atoms with E-state index in [1.807, 2.05) is 11.5 Å². The molecule has 0 N–H and O–H groups in total. The van der Waals surface area contributed by atoms with Gasteiger partial charge < -0.3 is 0 Å². The van der Waals surface area contributed by atoms with Crippen LogP contribution in [-0.4, -0.2) is 0 Å². The topological polar surface area (TPSA) is 47.6 Å². The molecule has 0 saturated heterocycles. The summed E-state index contributed by atoms with van der Waals surface area (Å²) in [5.41, 5.74) is 0.588. The van der Waals surface area contributed by atoms with Gasteiger partial charge in [0.15, 0.2) is 0 Å². The maximum absolute atomic E-state index is 8.49. The van der Waals surface area contributed by atoms with Gasteiger partial charge in [0, 0.05) is 4.90 Å². The molecule has 0 heterocycles. The molecule has 0 aliphatic rings. The molecule has 0 radical (unpaired) electrons. The highest BCUT2D eigenvalue weighted by molar-refractivity contribution is 8.03. The van der Waals surface area contributed by atoms with Crippen LogP contribution in [0.5, 0.6) is 0 Å². The second-order valence-electron chi connectivity index (χ2n) is 1.83. The molecule has 0 bridgehead atoms. The first-order valence-electron chi connectivity index (χ1n) is 2.93. The average Bonchev–Trinajstić information content (AvgIpc) is 2.06. The van der Waals surface area contributed by atoms with Crippen LogP contribution in [0.2, 0.25) is 0 Å². The van der Waals surface area contributed by atoms with E-state index in [9.17, 15) is 0 Å². The summed E-state index contributed by atoms with van der Waals surface area (Å²) in [5, 5.41) is 18.7. The summed E-state index contributed by atoms with van der Waals surface area (Å²) in [6.45, 7) is 0. The van der Waals surface area contributed by atoms with E-state index in [-0.39, 0.29) is 0 Å². The maximum Gasteiger partial charge on any atom is 0.138 e. The van der Waals surface area contributed by atoms with Crippen LogP contribution in [0.15, 0.2) is 29.2 Å². The number of thioether (sulfide) groups is 1. The molecule has 1 aromatic rings. The highest BCUT2D eigenvalue weighted by Gasteiger charge is 1.93. The zero-order valence-electron chi connectivity index (χ0n) is 5.61. The van der Waals surface area contributed by atoms with Gasteiger partial charge >= 0.3 is 0 Å². The van der Waals surface area contributed by atoms with E-state index >= 15 is 0 Å². The lowest BCUT2D eigenvalue weighted by molar-refractivity contribution is 1.41. The number of benzene rings is 1. The molecule has 0 unspecified atom stereocenters. The van der Waals surface area contributed by atoms with E-state index in [2.05, 4.69) is 0 Å². The minimum absolute atomic E-state index is 0.588. The van der Waals surface area contributed by atoms with Gasteiger partial charge in [-0.25, -0.2) is 0 Å². The lowest BCUT2D eigenvalue weighted by Crippen LogP contribution is -1.73. The van der Waals surface area contributed by atoms with E-state index < -0.39 is 0 Å². The van der Waals surface area contributed by atoms with Gasteiger partial charge in [-0.1, -0.05) is 6.07 Å². The van der Waals surface area contributed by atoms with Crippen LogP contribution in [0.1, 0.15) is 5.56 Å². The first-order chi connectivity index (χ1) is 5.36. The highest BCUT2D eigenvalue weighted by atomic mass is 32.2. The summed E-state index contributed by atoms with van der Waals surface area (Å²) in [6.07, 6.45) is 0. The van der Waals surface area contributed by atoms with Crippen LogP contribution >= 0.6 is 11.8 Å². The Bertz CT molecular complexity index is 333. The molecule has 0 fully saturated rings. The van der Waals surface area contributed by atoms with Crippen molar-refractivity contribution in [3.63, 3.8) is 0 Å². The van der Waals surface area contributed by atoms with Crippen LogP contribution in [-0.2, 0) is 0 Å². The number of hydrogen-bond donors (Lipinski definition) is 0. The quantitative estimate of drug-likeness (QED) is 0.467. The fourth-order valence-corrected chi connectivity index (χ4v) is 1.12. The Kier molecular flexibility index (Phi) is 2.54. The summed E-state index contributed by atoms with van der Waals surface area (Å²) in [4.78, 5) is 0.812. The van der Waals surface area contributed by atoms with Gasteiger partial charge in [-0.2, -0.15) is 10.5 Å². The third-order valence-corrected chi connectivity index (χ3v) is 1.71. The van der Waals surface area contributed by atoms with Gasteiger partial charge in [-0.3, -0.25) is 0 Å². The first-order valence-corrected chi connectivity index (χ1v) is 3.74. The second-order valence-corrected chi connectivity index (χ2v) is 2.69. The van der Waals surface area contributed by atoms with E-state index in [0.717, 1.165) is 16.7 Å². The van der Waals surface area contributed by atoms with Crippen LogP contribution < -0.4 is 0 Å². The molecule has 2 nitrogen and oxygen atoms in total. The normalized spacial score (nSPS) is 8.18. The predicted octanol–water partition coefficient (Wildman–Crippen LogP) is 2.13. The maximum atomic E-state index is 8.49. The van der Waals surface area contributed by atoms with Crippen molar-refractivity contribution in [2.24, 2.45) is 0 Å².